The summed E-state index contributed by atoms with van der Waals surface area (Å²) < 4.78 is 0. The van der Waals surface area contributed by atoms with Gasteiger partial charge < -0.3 is 16.2 Å². The molecule has 0 spiro atoms. The van der Waals surface area contributed by atoms with Crippen LogP contribution in [-0.2, 0) is 11.2 Å². The molecule has 0 heterocycles. The van der Waals surface area contributed by atoms with Gasteiger partial charge in [0.25, 0.3) is 0 Å². The first-order chi connectivity index (χ1) is 9.61. The van der Waals surface area contributed by atoms with E-state index in [1.165, 1.54) is 19.3 Å². The van der Waals surface area contributed by atoms with Crippen LogP contribution >= 0.6 is 0 Å². The van der Waals surface area contributed by atoms with Crippen molar-refractivity contribution < 1.29 is 9.90 Å². The molecule has 0 aromatic heterocycles. The molecule has 1 aromatic carbocycles. The summed E-state index contributed by atoms with van der Waals surface area (Å²) in [6.07, 6.45) is 5.49. The number of amides is 1. The smallest absolute Gasteiger partial charge is 0.237 e. The van der Waals surface area contributed by atoms with Crippen molar-refractivity contribution in [1.29, 1.82) is 0 Å². The maximum absolute atomic E-state index is 12.2. The van der Waals surface area contributed by atoms with E-state index in [1.54, 1.807) is 24.3 Å². The summed E-state index contributed by atoms with van der Waals surface area (Å²) in [6.45, 7) is 0. The maximum atomic E-state index is 12.2. The van der Waals surface area contributed by atoms with E-state index in [-0.39, 0.29) is 11.7 Å². The lowest BCUT2D eigenvalue weighted by molar-refractivity contribution is -0.123. The Labute approximate surface area is 119 Å². The van der Waals surface area contributed by atoms with Crippen LogP contribution in [0.2, 0.25) is 0 Å². The predicted octanol–water partition coefficient (Wildman–Crippen LogP) is 1.57. The molecule has 4 atom stereocenters. The molecule has 4 heteroatoms. The van der Waals surface area contributed by atoms with Crippen LogP contribution in [0.3, 0.4) is 0 Å². The van der Waals surface area contributed by atoms with E-state index in [2.05, 4.69) is 5.32 Å². The van der Waals surface area contributed by atoms with Crippen molar-refractivity contribution in [3.8, 4) is 5.75 Å². The number of nitrogens with one attached hydrogen (secondary N) is 1. The lowest BCUT2D eigenvalue weighted by Gasteiger charge is -2.24. The zero-order chi connectivity index (χ0) is 14.1. The van der Waals surface area contributed by atoms with Gasteiger partial charge in [-0.25, -0.2) is 0 Å². The number of carbonyl (C=O) groups is 1. The Balaban J connectivity index is 1.53. The van der Waals surface area contributed by atoms with Gasteiger partial charge in [0.1, 0.15) is 5.75 Å². The van der Waals surface area contributed by atoms with Crippen molar-refractivity contribution in [3.63, 3.8) is 0 Å². The second-order valence-corrected chi connectivity index (χ2v) is 6.27. The largest absolute Gasteiger partial charge is 0.508 e. The maximum Gasteiger partial charge on any atom is 0.237 e. The zero-order valence-electron chi connectivity index (χ0n) is 11.6. The van der Waals surface area contributed by atoms with E-state index in [0.717, 1.165) is 17.9 Å². The average Bonchev–Trinajstić information content (AvgIpc) is 3.03. The lowest BCUT2D eigenvalue weighted by Crippen LogP contribution is -2.48. The number of aromatic hydroxyl groups is 1. The molecule has 4 N–H and O–H groups in total. The molecular weight excluding hydrogens is 252 g/mol. The van der Waals surface area contributed by atoms with Gasteiger partial charge in [-0.1, -0.05) is 18.6 Å². The minimum absolute atomic E-state index is 0.0457. The first kappa shape index (κ1) is 13.4. The van der Waals surface area contributed by atoms with Crippen LogP contribution in [0.4, 0.5) is 0 Å². The third-order valence-electron chi connectivity index (χ3n) is 4.79. The highest BCUT2D eigenvalue weighted by Crippen LogP contribution is 2.44. The summed E-state index contributed by atoms with van der Waals surface area (Å²) in [5, 5.41) is 12.4. The Morgan fingerprint density at radius 3 is 2.65 bits per heavy atom. The number of hydrogen-bond donors (Lipinski definition) is 3. The highest BCUT2D eigenvalue weighted by molar-refractivity contribution is 5.82. The second kappa shape index (κ2) is 5.44. The molecule has 2 bridgehead atoms. The SMILES string of the molecule is N[C@H](Cc1ccc(O)cc1)C(=O)NC1CC2CCC1C2. The number of carbonyl (C=O) groups excluding carboxylic acids is 1. The molecule has 1 amide bonds. The number of hydrogen-bond acceptors (Lipinski definition) is 3. The quantitative estimate of drug-likeness (QED) is 0.780. The molecule has 2 saturated carbocycles. The third kappa shape index (κ3) is 2.80. The molecule has 1 aromatic rings. The third-order valence-corrected chi connectivity index (χ3v) is 4.79. The van der Waals surface area contributed by atoms with Crippen LogP contribution in [0.15, 0.2) is 24.3 Å². The number of rotatable bonds is 4. The Bertz CT molecular complexity index is 486. The monoisotopic (exact) mass is 274 g/mol. The summed E-state index contributed by atoms with van der Waals surface area (Å²) in [4.78, 5) is 12.2. The molecule has 0 saturated heterocycles. The van der Waals surface area contributed by atoms with Gasteiger partial charge in [0.05, 0.1) is 6.04 Å². The lowest BCUT2D eigenvalue weighted by atomic mass is 9.95. The number of benzene rings is 1. The summed E-state index contributed by atoms with van der Waals surface area (Å²) in [7, 11) is 0. The number of fused-ring (bicyclic) bond motifs is 2. The molecular formula is C16H22N2O2. The van der Waals surface area contributed by atoms with E-state index in [9.17, 15) is 9.90 Å². The molecule has 2 fully saturated rings. The second-order valence-electron chi connectivity index (χ2n) is 6.27. The van der Waals surface area contributed by atoms with E-state index < -0.39 is 6.04 Å². The number of nitrogens with two attached hydrogens (primary N) is 1. The Kier molecular flexibility index (Phi) is 3.66. The molecule has 0 aliphatic heterocycles. The van der Waals surface area contributed by atoms with Crippen molar-refractivity contribution in [1.82, 2.24) is 5.32 Å². The molecule has 2 aliphatic rings. The van der Waals surface area contributed by atoms with Crippen molar-refractivity contribution in [2.24, 2.45) is 17.6 Å². The first-order valence-electron chi connectivity index (χ1n) is 7.45. The topological polar surface area (TPSA) is 75.3 Å². The predicted molar refractivity (Wildman–Crippen MR) is 77.2 cm³/mol. The van der Waals surface area contributed by atoms with Gasteiger partial charge in [-0.3, -0.25) is 4.79 Å². The van der Waals surface area contributed by atoms with Crippen LogP contribution in [0.25, 0.3) is 0 Å². The van der Waals surface area contributed by atoms with Crippen molar-refractivity contribution in [2.45, 2.75) is 44.2 Å². The zero-order valence-corrected chi connectivity index (χ0v) is 11.6. The molecule has 2 aliphatic carbocycles. The van der Waals surface area contributed by atoms with Gasteiger partial charge >= 0.3 is 0 Å². The van der Waals surface area contributed by atoms with E-state index in [4.69, 9.17) is 5.73 Å². The van der Waals surface area contributed by atoms with Crippen LogP contribution in [0, 0.1) is 11.8 Å². The van der Waals surface area contributed by atoms with E-state index in [1.807, 2.05) is 0 Å². The highest BCUT2D eigenvalue weighted by Gasteiger charge is 2.40. The molecule has 20 heavy (non-hydrogen) atoms. The standard InChI is InChI=1S/C16H22N2O2/c17-14(8-10-2-5-13(19)6-3-10)16(20)18-15-9-11-1-4-12(15)7-11/h2-3,5-6,11-12,14-15,19H,1,4,7-9,17H2,(H,18,20)/t11?,12?,14-,15?/m1/s1. The number of phenols is 1. The van der Waals surface area contributed by atoms with Crippen LogP contribution in [0.1, 0.15) is 31.2 Å². The Morgan fingerprint density at radius 2 is 2.05 bits per heavy atom. The molecule has 108 valence electrons. The van der Waals surface area contributed by atoms with Crippen molar-refractivity contribution in [2.75, 3.05) is 0 Å². The van der Waals surface area contributed by atoms with Gasteiger partial charge in [-0.05, 0) is 55.2 Å². The normalized spacial score (nSPS) is 29.4. The Morgan fingerprint density at radius 1 is 1.30 bits per heavy atom. The van der Waals surface area contributed by atoms with Gasteiger partial charge in [0.15, 0.2) is 0 Å². The summed E-state index contributed by atoms with van der Waals surface area (Å²) >= 11 is 0. The van der Waals surface area contributed by atoms with Crippen molar-refractivity contribution in [3.05, 3.63) is 29.8 Å². The first-order valence-corrected chi connectivity index (χ1v) is 7.45. The minimum Gasteiger partial charge on any atom is -0.508 e. The Hall–Kier alpha value is -1.55. The van der Waals surface area contributed by atoms with Gasteiger partial charge in [0, 0.05) is 6.04 Å². The summed E-state index contributed by atoms with van der Waals surface area (Å²) in [6, 6.07) is 6.68. The molecule has 3 rings (SSSR count). The molecule has 0 radical (unpaired) electrons. The van der Waals surface area contributed by atoms with Gasteiger partial charge in [-0.15, -0.1) is 0 Å². The summed E-state index contributed by atoms with van der Waals surface area (Å²) in [5.74, 6) is 1.67. The van der Waals surface area contributed by atoms with E-state index >= 15 is 0 Å². The fraction of sp³-hybridized carbons (Fsp3) is 0.562. The highest BCUT2D eigenvalue weighted by atomic mass is 16.3. The fourth-order valence-corrected chi connectivity index (χ4v) is 3.69. The van der Waals surface area contributed by atoms with Gasteiger partial charge in [-0.2, -0.15) is 0 Å². The van der Waals surface area contributed by atoms with Gasteiger partial charge in [0.2, 0.25) is 5.91 Å². The average molecular weight is 274 g/mol. The minimum atomic E-state index is -0.515. The molecule has 3 unspecified atom stereocenters. The van der Waals surface area contributed by atoms with Crippen LogP contribution in [-0.4, -0.2) is 23.1 Å². The summed E-state index contributed by atoms with van der Waals surface area (Å²) in [5.41, 5.74) is 6.96. The van der Waals surface area contributed by atoms with E-state index in [0.29, 0.717) is 18.4 Å². The molecule has 4 nitrogen and oxygen atoms in total. The number of phenolic OH excluding ortho intramolecular Hbond substituents is 1. The van der Waals surface area contributed by atoms with Crippen molar-refractivity contribution >= 4 is 5.91 Å². The fourth-order valence-electron chi connectivity index (χ4n) is 3.69. The van der Waals surface area contributed by atoms with Crippen LogP contribution < -0.4 is 11.1 Å². The van der Waals surface area contributed by atoms with Crippen LogP contribution in [0.5, 0.6) is 5.75 Å².